The number of carbonyl (C=O) groups excluding carboxylic acids is 2. The molecule has 0 aliphatic heterocycles. The van der Waals surface area contributed by atoms with E-state index in [1.165, 1.54) is 44.8 Å². The Morgan fingerprint density at radius 2 is 1.62 bits per heavy atom. The van der Waals surface area contributed by atoms with Crippen LogP contribution in [0.1, 0.15) is 19.4 Å². The van der Waals surface area contributed by atoms with Crippen molar-refractivity contribution in [3.8, 4) is 11.5 Å². The van der Waals surface area contributed by atoms with Crippen molar-refractivity contribution in [1.82, 2.24) is 4.57 Å². The van der Waals surface area contributed by atoms with E-state index in [0.717, 1.165) is 0 Å². The van der Waals surface area contributed by atoms with Gasteiger partial charge in [0.2, 0.25) is 0 Å². The molecule has 0 saturated heterocycles. The van der Waals surface area contributed by atoms with E-state index < -0.39 is 27.0 Å². The van der Waals surface area contributed by atoms with Crippen LogP contribution >= 0.6 is 11.3 Å². The number of sulfone groups is 1. The van der Waals surface area contributed by atoms with Crippen LogP contribution in [0.15, 0.2) is 46.3 Å². The lowest BCUT2D eigenvalue weighted by molar-refractivity contribution is -0.141. The van der Waals surface area contributed by atoms with E-state index in [2.05, 4.69) is 4.99 Å². The molecule has 182 valence electrons. The Hall–Kier alpha value is -3.18. The number of hydrogen-bond donors (Lipinski definition) is 0. The van der Waals surface area contributed by atoms with Gasteiger partial charge in [-0.15, -0.1) is 0 Å². The molecule has 0 N–H and O–H groups in total. The smallest absolute Gasteiger partial charge is 0.325 e. The molecule has 1 heterocycles. The Kier molecular flexibility index (Phi) is 7.78. The van der Waals surface area contributed by atoms with Crippen LogP contribution in [0.25, 0.3) is 10.2 Å². The van der Waals surface area contributed by atoms with Gasteiger partial charge in [-0.2, -0.15) is 4.99 Å². The number of rotatable bonds is 8. The summed E-state index contributed by atoms with van der Waals surface area (Å²) in [6, 6.07) is 9.62. The maximum Gasteiger partial charge on any atom is 0.325 e. The lowest BCUT2D eigenvalue weighted by Gasteiger charge is -2.09. The third kappa shape index (κ3) is 5.15. The molecule has 2 aromatic carbocycles. The molecule has 0 unspecified atom stereocenters. The van der Waals surface area contributed by atoms with Gasteiger partial charge < -0.3 is 18.8 Å². The van der Waals surface area contributed by atoms with Crippen LogP contribution in [-0.2, 0) is 37.1 Å². The molecule has 1 amide bonds. The SMILES string of the molecule is COC(=O)Cn1c(=NC(=O)Cc2ccc(S(=O)(=O)C(C)C)cc2)sc2c(OC)ccc(OC)c21. The van der Waals surface area contributed by atoms with Gasteiger partial charge >= 0.3 is 5.97 Å². The Labute approximate surface area is 201 Å². The number of methoxy groups -OCH3 is 3. The summed E-state index contributed by atoms with van der Waals surface area (Å²) in [6.45, 7) is 3.06. The van der Waals surface area contributed by atoms with E-state index in [4.69, 9.17) is 14.2 Å². The van der Waals surface area contributed by atoms with E-state index in [1.807, 2.05) is 0 Å². The number of esters is 1. The number of fused-ring (bicyclic) bond motifs is 1. The zero-order valence-corrected chi connectivity index (χ0v) is 21.2. The van der Waals surface area contributed by atoms with Gasteiger partial charge in [0, 0.05) is 0 Å². The first-order valence-corrected chi connectivity index (χ1v) is 12.7. The van der Waals surface area contributed by atoms with Crippen LogP contribution in [0.4, 0.5) is 0 Å². The summed E-state index contributed by atoms with van der Waals surface area (Å²) in [5, 5.41) is -0.540. The second-order valence-corrected chi connectivity index (χ2v) is 11.1. The molecule has 0 atom stereocenters. The van der Waals surface area contributed by atoms with Crippen LogP contribution in [0.3, 0.4) is 0 Å². The Balaban J connectivity index is 2.03. The second-order valence-electron chi connectivity index (χ2n) is 7.61. The quantitative estimate of drug-likeness (QED) is 0.432. The highest BCUT2D eigenvalue weighted by Gasteiger charge is 2.20. The van der Waals surface area contributed by atoms with Crippen molar-refractivity contribution in [2.45, 2.75) is 37.0 Å². The fourth-order valence-electron chi connectivity index (χ4n) is 3.27. The number of carbonyl (C=O) groups is 2. The largest absolute Gasteiger partial charge is 0.495 e. The van der Waals surface area contributed by atoms with Crippen molar-refractivity contribution in [3.05, 3.63) is 46.8 Å². The molecule has 3 rings (SSSR count). The van der Waals surface area contributed by atoms with Crippen LogP contribution in [0, 0.1) is 0 Å². The molecule has 0 bridgehead atoms. The second kappa shape index (κ2) is 10.4. The number of aromatic nitrogens is 1. The van der Waals surface area contributed by atoms with Crippen molar-refractivity contribution in [1.29, 1.82) is 0 Å². The van der Waals surface area contributed by atoms with Crippen LogP contribution in [0.2, 0.25) is 0 Å². The average Bonchev–Trinajstić information content (AvgIpc) is 3.16. The van der Waals surface area contributed by atoms with Crippen molar-refractivity contribution in [2.24, 2.45) is 4.99 Å². The maximum absolute atomic E-state index is 12.8. The highest BCUT2D eigenvalue weighted by atomic mass is 32.2. The van der Waals surface area contributed by atoms with Gasteiger partial charge in [0.1, 0.15) is 28.3 Å². The van der Waals surface area contributed by atoms with Crippen LogP contribution in [0.5, 0.6) is 11.5 Å². The third-order valence-electron chi connectivity index (χ3n) is 5.16. The first kappa shape index (κ1) is 25.4. The molecular formula is C23H26N2O7S2. The van der Waals surface area contributed by atoms with Gasteiger partial charge in [-0.25, -0.2) is 8.42 Å². The number of amides is 1. The van der Waals surface area contributed by atoms with Gasteiger partial charge in [-0.1, -0.05) is 23.5 Å². The molecule has 0 aliphatic rings. The standard InChI is InChI=1S/C23H26N2O7S2/c1-14(2)34(28,29)16-8-6-15(7-9-16)12-19(26)24-23-25(13-20(27)32-5)21-17(30-3)10-11-18(31-4)22(21)33-23/h6-11,14H,12-13H2,1-5H3. The first-order chi connectivity index (χ1) is 16.1. The Morgan fingerprint density at radius 1 is 1.00 bits per heavy atom. The minimum Gasteiger partial charge on any atom is -0.495 e. The lowest BCUT2D eigenvalue weighted by atomic mass is 10.1. The highest BCUT2D eigenvalue weighted by Crippen LogP contribution is 2.35. The monoisotopic (exact) mass is 506 g/mol. The minimum absolute atomic E-state index is 0.0389. The molecule has 0 fully saturated rings. The molecule has 0 saturated carbocycles. The van der Waals surface area contributed by atoms with E-state index >= 15 is 0 Å². The number of hydrogen-bond acceptors (Lipinski definition) is 8. The molecule has 1 aromatic heterocycles. The van der Waals surface area contributed by atoms with E-state index in [0.29, 0.717) is 27.3 Å². The summed E-state index contributed by atoms with van der Waals surface area (Å²) < 4.78 is 42.5. The van der Waals surface area contributed by atoms with E-state index in [-0.39, 0.29) is 22.7 Å². The Morgan fingerprint density at radius 3 is 2.18 bits per heavy atom. The normalized spacial score (nSPS) is 12.2. The molecule has 0 spiro atoms. The van der Waals surface area contributed by atoms with Gasteiger partial charge in [0.25, 0.3) is 5.91 Å². The lowest BCUT2D eigenvalue weighted by Crippen LogP contribution is -2.23. The number of ether oxygens (including phenoxy) is 3. The fraction of sp³-hybridized carbons (Fsp3) is 0.348. The predicted molar refractivity (Wildman–Crippen MR) is 128 cm³/mol. The summed E-state index contributed by atoms with van der Waals surface area (Å²) in [7, 11) is 0.913. The maximum atomic E-state index is 12.8. The summed E-state index contributed by atoms with van der Waals surface area (Å²) in [6.07, 6.45) is -0.0389. The number of benzene rings is 2. The summed E-state index contributed by atoms with van der Waals surface area (Å²) in [4.78, 5) is 29.6. The topological polar surface area (TPSA) is 113 Å². The van der Waals surface area contributed by atoms with Crippen molar-refractivity contribution < 1.29 is 32.2 Å². The highest BCUT2D eigenvalue weighted by molar-refractivity contribution is 7.92. The summed E-state index contributed by atoms with van der Waals surface area (Å²) >= 11 is 1.19. The zero-order valence-electron chi connectivity index (χ0n) is 19.5. The average molecular weight is 507 g/mol. The minimum atomic E-state index is -3.40. The van der Waals surface area contributed by atoms with Gasteiger partial charge in [-0.3, -0.25) is 9.59 Å². The molecule has 0 radical (unpaired) electrons. The molecule has 9 nitrogen and oxygen atoms in total. The van der Waals surface area contributed by atoms with Crippen molar-refractivity contribution in [2.75, 3.05) is 21.3 Å². The predicted octanol–water partition coefficient (Wildman–Crippen LogP) is 2.75. The van der Waals surface area contributed by atoms with E-state index in [9.17, 15) is 18.0 Å². The van der Waals surface area contributed by atoms with Gasteiger partial charge in [-0.05, 0) is 43.7 Å². The summed E-state index contributed by atoms with van der Waals surface area (Å²) in [5.74, 6) is 0.0741. The third-order valence-corrected chi connectivity index (χ3v) is 8.42. The van der Waals surface area contributed by atoms with Crippen molar-refractivity contribution >= 4 is 43.3 Å². The molecule has 3 aromatic rings. The van der Waals surface area contributed by atoms with Gasteiger partial charge in [0.05, 0.1) is 37.9 Å². The molecular weight excluding hydrogens is 480 g/mol. The fourth-order valence-corrected chi connectivity index (χ4v) is 5.49. The number of nitrogens with zero attached hydrogens (tertiary/aromatic N) is 2. The number of thiazole rings is 1. The summed E-state index contributed by atoms with van der Waals surface area (Å²) in [5.41, 5.74) is 1.18. The zero-order chi connectivity index (χ0) is 25.0. The molecule has 0 aliphatic carbocycles. The van der Waals surface area contributed by atoms with Crippen molar-refractivity contribution in [3.63, 3.8) is 0 Å². The van der Waals surface area contributed by atoms with E-state index in [1.54, 1.807) is 42.7 Å². The van der Waals surface area contributed by atoms with Crippen LogP contribution < -0.4 is 14.3 Å². The first-order valence-electron chi connectivity index (χ1n) is 10.3. The van der Waals surface area contributed by atoms with Gasteiger partial charge in [0.15, 0.2) is 14.6 Å². The molecule has 11 heteroatoms. The van der Waals surface area contributed by atoms with Crippen LogP contribution in [-0.4, -0.2) is 51.4 Å². The Bertz CT molecular complexity index is 1390. The molecule has 34 heavy (non-hydrogen) atoms.